The predicted molar refractivity (Wildman–Crippen MR) is 124 cm³/mol. The third-order valence-corrected chi connectivity index (χ3v) is 8.32. The maximum atomic E-state index is 13.2. The lowest BCUT2D eigenvalue weighted by Crippen LogP contribution is -2.49. The highest BCUT2D eigenvalue weighted by atomic mass is 32.2. The molecule has 3 aromatic rings. The summed E-state index contributed by atoms with van der Waals surface area (Å²) in [7, 11) is -3.81. The Morgan fingerprint density at radius 2 is 1.69 bits per heavy atom. The van der Waals surface area contributed by atoms with Crippen molar-refractivity contribution in [2.45, 2.75) is 37.1 Å². The van der Waals surface area contributed by atoms with Gasteiger partial charge in [0.2, 0.25) is 15.9 Å². The third kappa shape index (κ3) is 4.50. The summed E-state index contributed by atoms with van der Waals surface area (Å²) >= 11 is 1.10. The Bertz CT molecular complexity index is 1220. The van der Waals surface area contributed by atoms with E-state index in [4.69, 9.17) is 0 Å². The zero-order valence-electron chi connectivity index (χ0n) is 17.5. The van der Waals surface area contributed by atoms with Crippen molar-refractivity contribution in [1.82, 2.24) is 9.29 Å². The fraction of sp³-hybridized carbons (Fsp3) is 0.261. The number of aromatic nitrogens is 1. The molecule has 1 aliphatic rings. The highest BCUT2D eigenvalue weighted by Gasteiger charge is 2.38. The Kier molecular flexibility index (Phi) is 6.50. The average Bonchev–Trinajstić information content (AvgIpc) is 3.24. The molecular weight excluding hydrogens is 446 g/mol. The Morgan fingerprint density at radius 3 is 2.34 bits per heavy atom. The first-order chi connectivity index (χ1) is 15.4. The summed E-state index contributed by atoms with van der Waals surface area (Å²) in [6.45, 7) is 1.74. The van der Waals surface area contributed by atoms with E-state index in [9.17, 15) is 18.0 Å². The Balaban J connectivity index is 1.61. The molecule has 1 aromatic heterocycles. The van der Waals surface area contributed by atoms with Crippen LogP contribution in [0.1, 0.15) is 35.9 Å². The number of carbonyl (C=O) groups is 2. The zero-order chi connectivity index (χ0) is 22.7. The minimum Gasteiger partial charge on any atom is -0.301 e. The lowest BCUT2D eigenvalue weighted by Gasteiger charge is -2.33. The molecule has 1 fully saturated rings. The van der Waals surface area contributed by atoms with Crippen molar-refractivity contribution >= 4 is 38.2 Å². The standard InChI is InChI=1S/C23H23N3O4S2/c1-16(27)21-20(17-10-4-2-5-11-17)24-23(31-21)25-22(28)19-14-8-9-15-26(19)32(29,30)18-12-6-3-7-13-18/h2-7,10-13,19H,8-9,14-15H2,1H3,(H,24,25,28). The fourth-order valence-corrected chi connectivity index (χ4v) is 6.34. The van der Waals surface area contributed by atoms with Crippen LogP contribution in [-0.4, -0.2) is 42.0 Å². The van der Waals surface area contributed by atoms with Gasteiger partial charge in [-0.15, -0.1) is 0 Å². The predicted octanol–water partition coefficient (Wildman–Crippen LogP) is 4.19. The summed E-state index contributed by atoms with van der Waals surface area (Å²) in [5.74, 6) is -0.583. The summed E-state index contributed by atoms with van der Waals surface area (Å²) in [6.07, 6.45) is 1.87. The normalized spacial score (nSPS) is 17.1. The first-order valence-corrected chi connectivity index (χ1v) is 12.6. The number of rotatable bonds is 6. The molecule has 166 valence electrons. The van der Waals surface area contributed by atoms with Gasteiger partial charge in [0.15, 0.2) is 10.9 Å². The number of thiazole rings is 1. The molecule has 7 nitrogen and oxygen atoms in total. The second-order valence-electron chi connectivity index (χ2n) is 7.55. The molecule has 0 spiro atoms. The smallest absolute Gasteiger partial charge is 0.244 e. The van der Waals surface area contributed by atoms with Crippen LogP contribution in [0.15, 0.2) is 65.6 Å². The summed E-state index contributed by atoms with van der Waals surface area (Å²) in [5.41, 5.74) is 1.29. The molecule has 1 aliphatic heterocycles. The van der Waals surface area contributed by atoms with E-state index in [0.29, 0.717) is 23.4 Å². The van der Waals surface area contributed by atoms with Crippen molar-refractivity contribution in [3.05, 3.63) is 65.5 Å². The molecule has 2 aromatic carbocycles. The number of benzene rings is 2. The summed E-state index contributed by atoms with van der Waals surface area (Å²) in [5, 5.41) is 3.04. The van der Waals surface area contributed by atoms with Crippen LogP contribution >= 0.6 is 11.3 Å². The largest absolute Gasteiger partial charge is 0.301 e. The van der Waals surface area contributed by atoms with Crippen molar-refractivity contribution in [1.29, 1.82) is 0 Å². The SMILES string of the molecule is CC(=O)c1sc(NC(=O)C2CCCCN2S(=O)(=O)c2ccccc2)nc1-c1ccccc1. The quantitative estimate of drug-likeness (QED) is 0.546. The number of ketones is 1. The number of sulfonamides is 1. The van der Waals surface area contributed by atoms with E-state index < -0.39 is 22.0 Å². The monoisotopic (exact) mass is 469 g/mol. The second-order valence-corrected chi connectivity index (χ2v) is 10.4. The second kappa shape index (κ2) is 9.32. The average molecular weight is 470 g/mol. The van der Waals surface area contributed by atoms with Crippen molar-refractivity contribution in [2.24, 2.45) is 0 Å². The maximum absolute atomic E-state index is 13.2. The molecule has 2 heterocycles. The molecule has 0 saturated carbocycles. The van der Waals surface area contributed by atoms with E-state index in [1.54, 1.807) is 18.2 Å². The molecule has 1 saturated heterocycles. The molecule has 0 radical (unpaired) electrons. The molecular formula is C23H23N3O4S2. The number of nitrogens with one attached hydrogen (secondary N) is 1. The van der Waals surface area contributed by atoms with Crippen molar-refractivity contribution in [3.8, 4) is 11.3 Å². The van der Waals surface area contributed by atoms with Gasteiger partial charge in [0, 0.05) is 19.0 Å². The lowest BCUT2D eigenvalue weighted by atomic mass is 10.0. The van der Waals surface area contributed by atoms with Crippen molar-refractivity contribution < 1.29 is 18.0 Å². The van der Waals surface area contributed by atoms with Gasteiger partial charge in [-0.2, -0.15) is 4.31 Å². The molecule has 4 rings (SSSR count). The Labute approximate surface area is 191 Å². The number of nitrogens with zero attached hydrogens (tertiary/aromatic N) is 2. The number of carbonyl (C=O) groups excluding carboxylic acids is 2. The first-order valence-electron chi connectivity index (χ1n) is 10.3. The number of Topliss-reactive ketones (excluding diaryl/α,β-unsaturated/α-hetero) is 1. The van der Waals surface area contributed by atoms with Gasteiger partial charge in [-0.05, 0) is 25.0 Å². The number of anilines is 1. The summed E-state index contributed by atoms with van der Waals surface area (Å²) in [4.78, 5) is 30.4. The molecule has 1 amide bonds. The maximum Gasteiger partial charge on any atom is 0.244 e. The van der Waals surface area contributed by atoms with Crippen LogP contribution in [0.4, 0.5) is 5.13 Å². The van der Waals surface area contributed by atoms with Crippen LogP contribution < -0.4 is 5.32 Å². The van der Waals surface area contributed by atoms with E-state index in [-0.39, 0.29) is 22.4 Å². The van der Waals surface area contributed by atoms with Gasteiger partial charge in [0.1, 0.15) is 6.04 Å². The Hall–Kier alpha value is -2.88. The van der Waals surface area contributed by atoms with Crippen LogP contribution in [0.5, 0.6) is 0 Å². The number of hydrogen-bond acceptors (Lipinski definition) is 6. The highest BCUT2D eigenvalue weighted by Crippen LogP contribution is 2.32. The van der Waals surface area contributed by atoms with E-state index in [1.165, 1.54) is 23.4 Å². The molecule has 0 bridgehead atoms. The van der Waals surface area contributed by atoms with Crippen LogP contribution in [0.2, 0.25) is 0 Å². The van der Waals surface area contributed by atoms with E-state index in [0.717, 1.165) is 23.3 Å². The minimum atomic E-state index is -3.81. The van der Waals surface area contributed by atoms with Gasteiger partial charge in [-0.1, -0.05) is 66.3 Å². The van der Waals surface area contributed by atoms with Gasteiger partial charge in [-0.3, -0.25) is 9.59 Å². The van der Waals surface area contributed by atoms with Crippen molar-refractivity contribution in [3.63, 3.8) is 0 Å². The molecule has 32 heavy (non-hydrogen) atoms. The van der Waals surface area contributed by atoms with E-state index in [2.05, 4.69) is 10.3 Å². The highest BCUT2D eigenvalue weighted by molar-refractivity contribution is 7.89. The fourth-order valence-electron chi connectivity index (χ4n) is 3.78. The van der Waals surface area contributed by atoms with Gasteiger partial charge in [0.05, 0.1) is 15.5 Å². The van der Waals surface area contributed by atoms with E-state index in [1.807, 2.05) is 30.3 Å². The molecule has 1 atom stereocenters. The summed E-state index contributed by atoms with van der Waals surface area (Å²) in [6, 6.07) is 16.6. The van der Waals surface area contributed by atoms with Crippen LogP contribution in [0, 0.1) is 0 Å². The molecule has 9 heteroatoms. The van der Waals surface area contributed by atoms with Gasteiger partial charge >= 0.3 is 0 Å². The van der Waals surface area contributed by atoms with Crippen LogP contribution in [0.25, 0.3) is 11.3 Å². The molecule has 0 aliphatic carbocycles. The topological polar surface area (TPSA) is 96.4 Å². The zero-order valence-corrected chi connectivity index (χ0v) is 19.2. The van der Waals surface area contributed by atoms with Gasteiger partial charge in [-0.25, -0.2) is 13.4 Å². The first kappa shape index (κ1) is 22.3. The van der Waals surface area contributed by atoms with Gasteiger partial charge < -0.3 is 5.32 Å². The number of piperidine rings is 1. The van der Waals surface area contributed by atoms with Crippen LogP contribution in [-0.2, 0) is 14.8 Å². The number of amides is 1. The third-order valence-electron chi connectivity index (χ3n) is 5.33. The minimum absolute atomic E-state index is 0.146. The van der Waals surface area contributed by atoms with E-state index >= 15 is 0 Å². The van der Waals surface area contributed by atoms with Gasteiger partial charge in [0.25, 0.3) is 0 Å². The molecule has 1 unspecified atom stereocenters. The van der Waals surface area contributed by atoms with Crippen molar-refractivity contribution in [2.75, 3.05) is 11.9 Å². The Morgan fingerprint density at radius 1 is 1.03 bits per heavy atom. The summed E-state index contributed by atoms with van der Waals surface area (Å²) < 4.78 is 27.6. The number of hydrogen-bond donors (Lipinski definition) is 1. The molecule has 1 N–H and O–H groups in total. The van der Waals surface area contributed by atoms with Crippen LogP contribution in [0.3, 0.4) is 0 Å². The lowest BCUT2D eigenvalue weighted by molar-refractivity contribution is -0.120.